The lowest BCUT2D eigenvalue weighted by molar-refractivity contribution is 0.0985. The van der Waals surface area contributed by atoms with E-state index in [0.29, 0.717) is 13.0 Å². The first-order valence-corrected chi connectivity index (χ1v) is 5.64. The second kappa shape index (κ2) is 4.58. The molecule has 1 aromatic carbocycles. The maximum absolute atomic E-state index is 11.5. The molecule has 1 aliphatic carbocycles. The average Bonchev–Trinajstić information content (AvgIpc) is 2.16. The Morgan fingerprint density at radius 2 is 1.93 bits per heavy atom. The monoisotopic (exact) mass is 203 g/mol. The highest BCUT2D eigenvalue weighted by Gasteiger charge is 2.19. The van der Waals surface area contributed by atoms with Gasteiger partial charge in [0.1, 0.15) is 0 Å². The van der Waals surface area contributed by atoms with E-state index in [1.807, 2.05) is 12.1 Å². The molecule has 0 bridgehead atoms. The molecule has 1 aromatic rings. The van der Waals surface area contributed by atoms with Crippen LogP contribution in [-0.2, 0) is 0 Å². The van der Waals surface area contributed by atoms with Gasteiger partial charge < -0.3 is 5.73 Å². The number of hydrogen-bond donors (Lipinski definition) is 1. The van der Waals surface area contributed by atoms with Crippen molar-refractivity contribution >= 4 is 5.78 Å². The second-order valence-electron chi connectivity index (χ2n) is 4.21. The lowest BCUT2D eigenvalue weighted by atomic mass is 9.80. The third-order valence-corrected chi connectivity index (χ3v) is 3.18. The second-order valence-corrected chi connectivity index (χ2v) is 4.21. The zero-order valence-corrected chi connectivity index (χ0v) is 8.91. The van der Waals surface area contributed by atoms with Crippen LogP contribution in [0, 0.1) is 0 Å². The summed E-state index contributed by atoms with van der Waals surface area (Å²) >= 11 is 0. The van der Waals surface area contributed by atoms with Gasteiger partial charge in [-0.1, -0.05) is 30.7 Å². The van der Waals surface area contributed by atoms with Gasteiger partial charge in [0.05, 0.1) is 0 Å². The van der Waals surface area contributed by atoms with E-state index in [9.17, 15) is 4.79 Å². The molecule has 2 heteroatoms. The van der Waals surface area contributed by atoms with Crippen molar-refractivity contribution in [2.24, 2.45) is 5.73 Å². The Morgan fingerprint density at radius 3 is 2.40 bits per heavy atom. The lowest BCUT2D eigenvalue weighted by Gasteiger charge is -2.25. The third-order valence-electron chi connectivity index (χ3n) is 3.18. The molecule has 0 saturated heterocycles. The van der Waals surface area contributed by atoms with Crippen molar-refractivity contribution in [2.45, 2.75) is 31.6 Å². The molecule has 2 N–H and O–H groups in total. The summed E-state index contributed by atoms with van der Waals surface area (Å²) in [6.07, 6.45) is 4.40. The Morgan fingerprint density at radius 1 is 1.27 bits per heavy atom. The molecule has 0 atom stereocenters. The van der Waals surface area contributed by atoms with Crippen LogP contribution in [0.15, 0.2) is 24.3 Å². The molecule has 1 saturated carbocycles. The van der Waals surface area contributed by atoms with E-state index in [4.69, 9.17) is 5.73 Å². The van der Waals surface area contributed by atoms with Crippen LogP contribution in [0.25, 0.3) is 0 Å². The molecule has 1 fully saturated rings. The number of hydrogen-bond acceptors (Lipinski definition) is 2. The van der Waals surface area contributed by atoms with E-state index in [-0.39, 0.29) is 5.78 Å². The summed E-state index contributed by atoms with van der Waals surface area (Å²) in [4.78, 5) is 11.5. The Balaban J connectivity index is 2.06. The number of carbonyl (C=O) groups is 1. The lowest BCUT2D eigenvalue weighted by Crippen LogP contribution is -2.10. The summed E-state index contributed by atoms with van der Waals surface area (Å²) < 4.78 is 0. The van der Waals surface area contributed by atoms with Crippen molar-refractivity contribution in [1.82, 2.24) is 0 Å². The highest BCUT2D eigenvalue weighted by molar-refractivity contribution is 5.96. The van der Waals surface area contributed by atoms with Crippen molar-refractivity contribution in [3.63, 3.8) is 0 Å². The summed E-state index contributed by atoms with van der Waals surface area (Å²) in [7, 11) is 0. The van der Waals surface area contributed by atoms with E-state index < -0.39 is 0 Å². The minimum atomic E-state index is 0.151. The van der Waals surface area contributed by atoms with Gasteiger partial charge in [-0.25, -0.2) is 0 Å². The predicted octanol–water partition coefficient (Wildman–Crippen LogP) is 2.49. The molecule has 0 heterocycles. The van der Waals surface area contributed by atoms with E-state index in [2.05, 4.69) is 12.1 Å². The maximum Gasteiger partial charge on any atom is 0.164 e. The molecule has 0 spiro atoms. The first-order chi connectivity index (χ1) is 7.31. The third kappa shape index (κ3) is 2.26. The van der Waals surface area contributed by atoms with E-state index in [0.717, 1.165) is 11.5 Å². The van der Waals surface area contributed by atoms with Crippen molar-refractivity contribution in [3.8, 4) is 0 Å². The highest BCUT2D eigenvalue weighted by atomic mass is 16.1. The predicted molar refractivity (Wildman–Crippen MR) is 61.0 cm³/mol. The standard InChI is InChI=1S/C13H17NO/c14-9-8-13(15)12-6-4-11(5-7-12)10-2-1-3-10/h4-7,10H,1-3,8-9,14H2. The molecule has 0 radical (unpaired) electrons. The number of benzene rings is 1. The van der Waals surface area contributed by atoms with Crippen LogP contribution in [0.2, 0.25) is 0 Å². The fourth-order valence-corrected chi connectivity index (χ4v) is 1.96. The molecule has 0 aromatic heterocycles. The summed E-state index contributed by atoms with van der Waals surface area (Å²) in [5.41, 5.74) is 7.53. The molecule has 15 heavy (non-hydrogen) atoms. The number of nitrogens with two attached hydrogens (primary N) is 1. The van der Waals surface area contributed by atoms with Gasteiger partial charge in [-0.2, -0.15) is 0 Å². The summed E-state index contributed by atoms with van der Waals surface area (Å²) in [5, 5.41) is 0. The first kappa shape index (κ1) is 10.4. The summed E-state index contributed by atoms with van der Waals surface area (Å²) in [6, 6.07) is 8.05. The van der Waals surface area contributed by atoms with Crippen LogP contribution < -0.4 is 5.73 Å². The zero-order valence-electron chi connectivity index (χ0n) is 8.91. The molecule has 1 aliphatic rings. The smallest absolute Gasteiger partial charge is 0.164 e. The zero-order chi connectivity index (χ0) is 10.7. The Labute approximate surface area is 90.5 Å². The van der Waals surface area contributed by atoms with Crippen molar-refractivity contribution < 1.29 is 4.79 Å². The minimum absolute atomic E-state index is 0.151. The molecule has 80 valence electrons. The van der Waals surface area contributed by atoms with Gasteiger partial charge in [-0.05, 0) is 30.9 Å². The Hall–Kier alpha value is -1.15. The van der Waals surface area contributed by atoms with Gasteiger partial charge in [0.2, 0.25) is 0 Å². The van der Waals surface area contributed by atoms with Crippen LogP contribution in [0.4, 0.5) is 0 Å². The highest BCUT2D eigenvalue weighted by Crippen LogP contribution is 2.36. The van der Waals surface area contributed by atoms with Gasteiger partial charge in [0.15, 0.2) is 5.78 Å². The van der Waals surface area contributed by atoms with E-state index in [1.165, 1.54) is 24.8 Å². The van der Waals surface area contributed by atoms with Crippen LogP contribution in [0.3, 0.4) is 0 Å². The van der Waals surface area contributed by atoms with Crippen LogP contribution in [0.1, 0.15) is 47.5 Å². The molecule has 2 rings (SSSR count). The summed E-state index contributed by atoms with van der Waals surface area (Å²) in [5.74, 6) is 0.890. The Kier molecular flexibility index (Phi) is 3.17. The normalized spacial score (nSPS) is 16.1. The average molecular weight is 203 g/mol. The molecule has 2 nitrogen and oxygen atoms in total. The van der Waals surface area contributed by atoms with Gasteiger partial charge in [0.25, 0.3) is 0 Å². The summed E-state index contributed by atoms with van der Waals surface area (Å²) in [6.45, 7) is 0.434. The number of rotatable bonds is 4. The first-order valence-electron chi connectivity index (χ1n) is 5.64. The maximum atomic E-state index is 11.5. The largest absolute Gasteiger partial charge is 0.330 e. The van der Waals surface area contributed by atoms with Crippen LogP contribution >= 0.6 is 0 Å². The molecular formula is C13H17NO. The van der Waals surface area contributed by atoms with Crippen LogP contribution in [0.5, 0.6) is 0 Å². The quantitative estimate of drug-likeness (QED) is 0.764. The van der Waals surface area contributed by atoms with Gasteiger partial charge >= 0.3 is 0 Å². The fraction of sp³-hybridized carbons (Fsp3) is 0.462. The van der Waals surface area contributed by atoms with Gasteiger partial charge in [-0.15, -0.1) is 0 Å². The minimum Gasteiger partial charge on any atom is -0.330 e. The SMILES string of the molecule is NCCC(=O)c1ccc(C2CCC2)cc1. The van der Waals surface area contributed by atoms with E-state index >= 15 is 0 Å². The number of carbonyl (C=O) groups excluding carboxylic acids is 1. The molecular weight excluding hydrogens is 186 g/mol. The number of Topliss-reactive ketones (excluding diaryl/α,β-unsaturated/α-hetero) is 1. The fourth-order valence-electron chi connectivity index (χ4n) is 1.96. The number of ketones is 1. The molecule has 0 unspecified atom stereocenters. The molecule has 0 aliphatic heterocycles. The van der Waals surface area contributed by atoms with Crippen molar-refractivity contribution in [1.29, 1.82) is 0 Å². The van der Waals surface area contributed by atoms with Crippen molar-refractivity contribution in [2.75, 3.05) is 6.54 Å². The van der Waals surface area contributed by atoms with Crippen molar-refractivity contribution in [3.05, 3.63) is 35.4 Å². The van der Waals surface area contributed by atoms with E-state index in [1.54, 1.807) is 0 Å². The van der Waals surface area contributed by atoms with Crippen LogP contribution in [-0.4, -0.2) is 12.3 Å². The van der Waals surface area contributed by atoms with Gasteiger partial charge in [-0.3, -0.25) is 4.79 Å². The topological polar surface area (TPSA) is 43.1 Å². The Bertz CT molecular complexity index is 338. The van der Waals surface area contributed by atoms with Gasteiger partial charge in [0, 0.05) is 12.0 Å². The molecule has 0 amide bonds.